The van der Waals surface area contributed by atoms with Gasteiger partial charge in [0.25, 0.3) is 11.4 Å². The molecule has 0 spiro atoms. The van der Waals surface area contributed by atoms with E-state index in [4.69, 9.17) is 9.26 Å². The van der Waals surface area contributed by atoms with E-state index < -0.39 is 0 Å². The summed E-state index contributed by atoms with van der Waals surface area (Å²) < 4.78 is 10.5. The molecule has 1 saturated heterocycles. The van der Waals surface area contributed by atoms with Gasteiger partial charge in [0.1, 0.15) is 11.6 Å². The molecule has 1 aliphatic rings. The molecule has 2 aromatic rings. The second-order valence-corrected chi connectivity index (χ2v) is 6.68. The van der Waals surface area contributed by atoms with Crippen LogP contribution in [0.4, 0.5) is 0 Å². The summed E-state index contributed by atoms with van der Waals surface area (Å²) in [6.45, 7) is 6.84. The van der Waals surface area contributed by atoms with Crippen LogP contribution in [0, 0.1) is 6.92 Å². The van der Waals surface area contributed by atoms with E-state index >= 15 is 0 Å². The zero-order valence-corrected chi connectivity index (χ0v) is 16.1. The summed E-state index contributed by atoms with van der Waals surface area (Å²) in [6, 6.07) is 1.54. The average Bonchev–Trinajstić information content (AvgIpc) is 3.29. The van der Waals surface area contributed by atoms with Crippen LogP contribution in [0.2, 0.25) is 0 Å². The Morgan fingerprint density at radius 3 is 2.96 bits per heavy atom. The number of rotatable bonds is 7. The molecule has 2 aromatic heterocycles. The quantitative estimate of drug-likeness (QED) is 0.798. The fourth-order valence-electron chi connectivity index (χ4n) is 3.56. The molecule has 8 heteroatoms. The maximum atomic E-state index is 12.7. The smallest absolute Gasteiger partial charge is 0.254 e. The molecule has 1 atom stereocenters. The zero-order chi connectivity index (χ0) is 19.4. The van der Waals surface area contributed by atoms with E-state index in [1.165, 1.54) is 0 Å². The molecule has 1 fully saturated rings. The first-order valence-corrected chi connectivity index (χ1v) is 9.51. The molecule has 0 aromatic carbocycles. The normalized spacial score (nSPS) is 16.7. The van der Waals surface area contributed by atoms with E-state index in [1.54, 1.807) is 6.07 Å². The molecule has 1 aliphatic heterocycles. The number of aryl methyl sites for hydroxylation is 2. The lowest BCUT2D eigenvalue weighted by Crippen LogP contribution is -2.33. The van der Waals surface area contributed by atoms with E-state index in [0.717, 1.165) is 18.5 Å². The summed E-state index contributed by atoms with van der Waals surface area (Å²) in [5.74, 6) is 1.66. The fourth-order valence-corrected chi connectivity index (χ4v) is 3.56. The lowest BCUT2D eigenvalue weighted by atomic mass is 10.1. The topological polar surface area (TPSA) is 101 Å². The number of carbonyl (C=O) groups excluding carboxylic acids is 1. The number of H-pyrrole nitrogens is 1. The molecule has 0 unspecified atom stereocenters. The maximum Gasteiger partial charge on any atom is 0.254 e. The van der Waals surface area contributed by atoms with Crippen molar-refractivity contribution in [2.24, 2.45) is 0 Å². The summed E-state index contributed by atoms with van der Waals surface area (Å²) >= 11 is 0. The Morgan fingerprint density at radius 2 is 2.26 bits per heavy atom. The number of amides is 1. The third kappa shape index (κ3) is 4.20. The fraction of sp³-hybridized carbons (Fsp3) is 0.579. The van der Waals surface area contributed by atoms with Crippen LogP contribution in [0.3, 0.4) is 0 Å². The predicted octanol–water partition coefficient (Wildman–Crippen LogP) is 2.32. The highest BCUT2D eigenvalue weighted by Crippen LogP contribution is 2.30. The van der Waals surface area contributed by atoms with Crippen LogP contribution in [0.25, 0.3) is 0 Å². The second kappa shape index (κ2) is 8.37. The van der Waals surface area contributed by atoms with Crippen molar-refractivity contribution in [3.05, 3.63) is 39.3 Å². The van der Waals surface area contributed by atoms with Gasteiger partial charge in [-0.1, -0.05) is 6.92 Å². The van der Waals surface area contributed by atoms with Crippen molar-refractivity contribution >= 4 is 5.91 Å². The number of aromatic amines is 1. The van der Waals surface area contributed by atoms with Gasteiger partial charge in [0.2, 0.25) is 5.91 Å². The minimum atomic E-state index is -0.177. The number of aromatic nitrogens is 3. The average molecular weight is 374 g/mol. The second-order valence-electron chi connectivity index (χ2n) is 6.68. The van der Waals surface area contributed by atoms with Gasteiger partial charge in [-0.15, -0.1) is 0 Å². The molecule has 27 heavy (non-hydrogen) atoms. The number of nitrogens with zero attached hydrogens (tertiary/aromatic N) is 3. The lowest BCUT2D eigenvalue weighted by molar-refractivity contribution is -0.132. The first-order valence-electron chi connectivity index (χ1n) is 9.51. The third-order valence-electron chi connectivity index (χ3n) is 4.90. The SMILES string of the molecule is CCOc1cc(CCC(=O)N2CCC[C@@H]2c2nc(C)c(CC)c(=O)[nH]2)on1. The van der Waals surface area contributed by atoms with Crippen molar-refractivity contribution in [1.82, 2.24) is 20.0 Å². The Labute approximate surface area is 157 Å². The minimum Gasteiger partial charge on any atom is -0.476 e. The summed E-state index contributed by atoms with van der Waals surface area (Å²) in [6.07, 6.45) is 3.11. The number of carbonyl (C=O) groups is 1. The number of hydrogen-bond acceptors (Lipinski definition) is 6. The standard InChI is InChI=1S/C19H26N4O4/c1-4-14-12(3)20-18(21-19(14)25)15-7-6-10-23(15)17(24)9-8-13-11-16(22-27-13)26-5-2/h11,15H,4-10H2,1-3H3,(H,20,21,25)/t15-/m1/s1. The molecular formula is C19H26N4O4. The zero-order valence-electron chi connectivity index (χ0n) is 16.1. The van der Waals surface area contributed by atoms with Crippen LogP contribution in [-0.4, -0.2) is 39.1 Å². The largest absolute Gasteiger partial charge is 0.476 e. The highest BCUT2D eigenvalue weighted by molar-refractivity contribution is 5.77. The van der Waals surface area contributed by atoms with Crippen LogP contribution in [0.1, 0.15) is 62.0 Å². The van der Waals surface area contributed by atoms with E-state index in [0.29, 0.717) is 55.4 Å². The molecular weight excluding hydrogens is 348 g/mol. The van der Waals surface area contributed by atoms with Crippen molar-refractivity contribution in [2.45, 2.75) is 58.9 Å². The van der Waals surface area contributed by atoms with Crippen molar-refractivity contribution < 1.29 is 14.1 Å². The van der Waals surface area contributed by atoms with Crippen LogP contribution in [-0.2, 0) is 17.6 Å². The summed E-state index contributed by atoms with van der Waals surface area (Å²) in [5.41, 5.74) is 1.33. The molecule has 1 N–H and O–H groups in total. The van der Waals surface area contributed by atoms with Gasteiger partial charge in [0, 0.05) is 36.7 Å². The van der Waals surface area contributed by atoms with Gasteiger partial charge in [-0.2, -0.15) is 0 Å². The highest BCUT2D eigenvalue weighted by atomic mass is 16.5. The summed E-state index contributed by atoms with van der Waals surface area (Å²) in [5, 5.41) is 3.81. The van der Waals surface area contributed by atoms with Crippen molar-refractivity contribution in [1.29, 1.82) is 0 Å². The molecule has 0 aliphatic carbocycles. The molecule has 1 amide bonds. The molecule has 0 bridgehead atoms. The first kappa shape index (κ1) is 19.1. The Kier molecular flexibility index (Phi) is 5.93. The Balaban J connectivity index is 1.68. The van der Waals surface area contributed by atoms with E-state index in [-0.39, 0.29) is 17.5 Å². The molecule has 8 nitrogen and oxygen atoms in total. The minimum absolute atomic E-state index is 0.0201. The monoisotopic (exact) mass is 374 g/mol. The maximum absolute atomic E-state index is 12.7. The molecule has 3 rings (SSSR count). The van der Waals surface area contributed by atoms with Crippen LogP contribution >= 0.6 is 0 Å². The van der Waals surface area contributed by atoms with Crippen LogP contribution in [0.15, 0.2) is 15.4 Å². The van der Waals surface area contributed by atoms with Crippen LogP contribution < -0.4 is 10.3 Å². The first-order chi connectivity index (χ1) is 13.0. The Hall–Kier alpha value is -2.64. The molecule has 146 valence electrons. The van der Waals surface area contributed by atoms with E-state index in [1.807, 2.05) is 25.7 Å². The number of nitrogens with one attached hydrogen (secondary N) is 1. The lowest BCUT2D eigenvalue weighted by Gasteiger charge is -2.24. The van der Waals surface area contributed by atoms with Gasteiger partial charge in [-0.25, -0.2) is 4.98 Å². The van der Waals surface area contributed by atoms with E-state index in [9.17, 15) is 9.59 Å². The van der Waals surface area contributed by atoms with E-state index in [2.05, 4.69) is 15.1 Å². The molecule has 0 radical (unpaired) electrons. The third-order valence-corrected chi connectivity index (χ3v) is 4.90. The summed E-state index contributed by atoms with van der Waals surface area (Å²) in [4.78, 5) is 34.3. The molecule has 3 heterocycles. The van der Waals surface area contributed by atoms with Crippen LogP contribution in [0.5, 0.6) is 5.88 Å². The van der Waals surface area contributed by atoms with Crippen molar-refractivity contribution in [2.75, 3.05) is 13.2 Å². The van der Waals surface area contributed by atoms with Gasteiger partial charge < -0.3 is 19.1 Å². The Morgan fingerprint density at radius 1 is 1.44 bits per heavy atom. The predicted molar refractivity (Wildman–Crippen MR) is 98.7 cm³/mol. The van der Waals surface area contributed by atoms with Gasteiger partial charge in [0.05, 0.1) is 12.6 Å². The highest BCUT2D eigenvalue weighted by Gasteiger charge is 2.32. The van der Waals surface area contributed by atoms with Gasteiger partial charge >= 0.3 is 0 Å². The number of ether oxygens (including phenoxy) is 1. The summed E-state index contributed by atoms with van der Waals surface area (Å²) in [7, 11) is 0. The van der Waals surface area contributed by atoms with Crippen molar-refractivity contribution in [3.8, 4) is 5.88 Å². The number of likely N-dealkylation sites (tertiary alicyclic amines) is 1. The van der Waals surface area contributed by atoms with Gasteiger partial charge in [-0.05, 0) is 38.3 Å². The van der Waals surface area contributed by atoms with Gasteiger partial charge in [0.15, 0.2) is 0 Å². The Bertz CT molecular complexity index is 858. The van der Waals surface area contributed by atoms with Gasteiger partial charge in [-0.3, -0.25) is 9.59 Å². The van der Waals surface area contributed by atoms with Crippen molar-refractivity contribution in [3.63, 3.8) is 0 Å². The number of hydrogen-bond donors (Lipinski definition) is 1. The molecule has 0 saturated carbocycles.